The first-order valence-electron chi connectivity index (χ1n) is 14.4. The van der Waals surface area contributed by atoms with E-state index in [4.69, 9.17) is 14.2 Å². The van der Waals surface area contributed by atoms with Gasteiger partial charge >= 0.3 is 0 Å². The molecular weight excluding hydrogens is 564 g/mol. The zero-order chi connectivity index (χ0) is 31.5. The van der Waals surface area contributed by atoms with Gasteiger partial charge in [0.05, 0.1) is 31.7 Å². The van der Waals surface area contributed by atoms with Gasteiger partial charge in [0.2, 0.25) is 17.7 Å². The molecule has 0 aromatic heterocycles. The molecule has 0 radical (unpaired) electrons. The van der Waals surface area contributed by atoms with Crippen molar-refractivity contribution in [2.24, 2.45) is 0 Å². The van der Waals surface area contributed by atoms with Crippen LogP contribution in [-0.2, 0) is 20.8 Å². The van der Waals surface area contributed by atoms with Crippen molar-refractivity contribution >= 4 is 23.6 Å². The highest BCUT2D eigenvalue weighted by molar-refractivity contribution is 6.01. The second kappa shape index (κ2) is 14.9. The Morgan fingerprint density at radius 1 is 0.932 bits per heavy atom. The first-order valence-corrected chi connectivity index (χ1v) is 14.4. The summed E-state index contributed by atoms with van der Waals surface area (Å²) in [6, 6.07) is 21.5. The molecule has 4 rings (SSSR count). The molecule has 232 valence electrons. The maximum atomic E-state index is 13.4. The van der Waals surface area contributed by atoms with Gasteiger partial charge in [0.1, 0.15) is 42.0 Å². The highest BCUT2D eigenvalue weighted by Crippen LogP contribution is 2.20. The number of hydrogen-bond donors (Lipinski definition) is 4. The SMILES string of the molecule is COc1ccc(OCCNC(=O)[C@@H]2CC(=O)NC(C)(C)C(=O)N[C@H](Cc3ccccc3)COc3ccccc3C(=O)N2)cc1. The van der Waals surface area contributed by atoms with E-state index in [1.165, 1.54) is 0 Å². The van der Waals surface area contributed by atoms with Gasteiger partial charge in [-0.25, -0.2) is 0 Å². The maximum absolute atomic E-state index is 13.4. The van der Waals surface area contributed by atoms with E-state index in [1.807, 2.05) is 30.3 Å². The fourth-order valence-electron chi connectivity index (χ4n) is 4.61. The summed E-state index contributed by atoms with van der Waals surface area (Å²) in [4.78, 5) is 53.1. The molecule has 3 aromatic rings. The molecule has 2 atom stereocenters. The number of carbonyl (C=O) groups excluding carboxylic acids is 4. The molecule has 4 N–H and O–H groups in total. The van der Waals surface area contributed by atoms with Crippen molar-refractivity contribution in [1.82, 2.24) is 21.3 Å². The van der Waals surface area contributed by atoms with Crippen LogP contribution in [0.2, 0.25) is 0 Å². The van der Waals surface area contributed by atoms with Gasteiger partial charge in [0.15, 0.2) is 0 Å². The summed E-state index contributed by atoms with van der Waals surface area (Å²) < 4.78 is 16.9. The molecule has 4 amide bonds. The number of methoxy groups -OCH3 is 1. The molecular formula is C33H38N4O7. The Kier molecular flexibility index (Phi) is 10.8. The summed E-state index contributed by atoms with van der Waals surface area (Å²) >= 11 is 0. The van der Waals surface area contributed by atoms with Crippen molar-refractivity contribution in [2.75, 3.05) is 26.9 Å². The molecule has 1 aliphatic rings. The van der Waals surface area contributed by atoms with Crippen LogP contribution in [0.4, 0.5) is 0 Å². The predicted molar refractivity (Wildman–Crippen MR) is 164 cm³/mol. The fourth-order valence-corrected chi connectivity index (χ4v) is 4.61. The second-order valence-electron chi connectivity index (χ2n) is 10.9. The molecule has 0 fully saturated rings. The molecule has 0 aliphatic carbocycles. The summed E-state index contributed by atoms with van der Waals surface area (Å²) in [6.07, 6.45) is 0.0689. The molecule has 0 bridgehead atoms. The third-order valence-corrected chi connectivity index (χ3v) is 6.99. The summed E-state index contributed by atoms with van der Waals surface area (Å²) in [5, 5.41) is 11.1. The minimum atomic E-state index is -1.31. The van der Waals surface area contributed by atoms with Crippen LogP contribution in [0, 0.1) is 0 Å². The van der Waals surface area contributed by atoms with E-state index >= 15 is 0 Å². The third-order valence-electron chi connectivity index (χ3n) is 6.99. The van der Waals surface area contributed by atoms with E-state index in [2.05, 4.69) is 21.3 Å². The number of fused-ring (bicyclic) bond motifs is 1. The Labute approximate surface area is 256 Å². The molecule has 3 aromatic carbocycles. The number of carbonyl (C=O) groups is 4. The zero-order valence-corrected chi connectivity index (χ0v) is 25.1. The fraction of sp³-hybridized carbons (Fsp3) is 0.333. The van der Waals surface area contributed by atoms with Crippen molar-refractivity contribution in [3.05, 3.63) is 90.0 Å². The van der Waals surface area contributed by atoms with E-state index < -0.39 is 47.7 Å². The topological polar surface area (TPSA) is 144 Å². The number of para-hydroxylation sites is 1. The van der Waals surface area contributed by atoms with Gasteiger partial charge in [-0.1, -0.05) is 42.5 Å². The summed E-state index contributed by atoms with van der Waals surface area (Å²) in [5.41, 5.74) is -0.139. The van der Waals surface area contributed by atoms with Gasteiger partial charge in [-0.2, -0.15) is 0 Å². The molecule has 1 heterocycles. The lowest BCUT2D eigenvalue weighted by Crippen LogP contribution is -2.59. The van der Waals surface area contributed by atoms with Crippen molar-refractivity contribution in [1.29, 1.82) is 0 Å². The van der Waals surface area contributed by atoms with Crippen LogP contribution in [-0.4, -0.2) is 68.1 Å². The smallest absolute Gasteiger partial charge is 0.255 e. The monoisotopic (exact) mass is 602 g/mol. The Bertz CT molecular complexity index is 1440. The number of ether oxygens (including phenoxy) is 3. The molecule has 0 spiro atoms. The quantitative estimate of drug-likeness (QED) is 0.290. The lowest BCUT2D eigenvalue weighted by Gasteiger charge is -2.30. The Morgan fingerprint density at radius 2 is 1.61 bits per heavy atom. The van der Waals surface area contributed by atoms with E-state index in [0.29, 0.717) is 17.9 Å². The van der Waals surface area contributed by atoms with E-state index in [9.17, 15) is 19.2 Å². The Balaban J connectivity index is 1.49. The lowest BCUT2D eigenvalue weighted by molar-refractivity contribution is -0.134. The van der Waals surface area contributed by atoms with Crippen LogP contribution >= 0.6 is 0 Å². The van der Waals surface area contributed by atoms with Crippen LogP contribution < -0.4 is 35.5 Å². The van der Waals surface area contributed by atoms with Gasteiger partial charge in [0.25, 0.3) is 5.91 Å². The van der Waals surface area contributed by atoms with E-state index in [-0.39, 0.29) is 31.1 Å². The van der Waals surface area contributed by atoms with Crippen LogP contribution in [0.5, 0.6) is 17.2 Å². The second-order valence-corrected chi connectivity index (χ2v) is 10.9. The summed E-state index contributed by atoms with van der Waals surface area (Å²) in [5.74, 6) is -0.597. The van der Waals surface area contributed by atoms with Crippen molar-refractivity contribution in [3.63, 3.8) is 0 Å². The molecule has 0 saturated carbocycles. The molecule has 11 heteroatoms. The summed E-state index contributed by atoms with van der Waals surface area (Å²) in [7, 11) is 1.57. The van der Waals surface area contributed by atoms with Crippen molar-refractivity contribution in [2.45, 2.75) is 44.3 Å². The van der Waals surface area contributed by atoms with Crippen molar-refractivity contribution < 1.29 is 33.4 Å². The average molecular weight is 603 g/mol. The van der Waals surface area contributed by atoms with Crippen molar-refractivity contribution in [3.8, 4) is 17.2 Å². The highest BCUT2D eigenvalue weighted by Gasteiger charge is 2.34. The Hall–Kier alpha value is -5.06. The van der Waals surface area contributed by atoms with E-state index in [1.54, 1.807) is 69.5 Å². The van der Waals surface area contributed by atoms with Crippen LogP contribution in [0.3, 0.4) is 0 Å². The Morgan fingerprint density at radius 3 is 2.34 bits per heavy atom. The highest BCUT2D eigenvalue weighted by atomic mass is 16.5. The minimum absolute atomic E-state index is 0.0626. The minimum Gasteiger partial charge on any atom is -0.497 e. The van der Waals surface area contributed by atoms with Crippen LogP contribution in [0.15, 0.2) is 78.9 Å². The van der Waals surface area contributed by atoms with Crippen LogP contribution in [0.25, 0.3) is 0 Å². The molecule has 0 saturated heterocycles. The molecule has 11 nitrogen and oxygen atoms in total. The largest absolute Gasteiger partial charge is 0.497 e. The molecule has 44 heavy (non-hydrogen) atoms. The van der Waals surface area contributed by atoms with Gasteiger partial charge < -0.3 is 35.5 Å². The first-order chi connectivity index (χ1) is 21.1. The predicted octanol–water partition coefficient (Wildman–Crippen LogP) is 2.39. The number of benzene rings is 3. The van der Waals surface area contributed by atoms with Crippen LogP contribution in [0.1, 0.15) is 36.2 Å². The summed E-state index contributed by atoms with van der Waals surface area (Å²) in [6.45, 7) is 3.49. The zero-order valence-electron chi connectivity index (χ0n) is 25.1. The normalized spacial score (nSPS) is 18.7. The van der Waals surface area contributed by atoms with Gasteiger partial charge in [0, 0.05) is 0 Å². The third kappa shape index (κ3) is 8.97. The average Bonchev–Trinajstić information content (AvgIpc) is 3.01. The molecule has 1 aliphatic heterocycles. The lowest BCUT2D eigenvalue weighted by atomic mass is 10.0. The van der Waals surface area contributed by atoms with Gasteiger partial charge in [-0.3, -0.25) is 19.2 Å². The number of hydrogen-bond acceptors (Lipinski definition) is 7. The standard InChI is InChI=1S/C33H38N4O7/c1-33(2)32(41)35-23(19-22-9-5-4-6-10-22)21-44-28-12-8-7-11-26(28)30(39)36-27(20-29(38)37-33)31(40)34-17-18-43-25-15-13-24(42-3)14-16-25/h4-16,23,27H,17-21H2,1-3H3,(H,34,40)(H,35,41)(H,36,39)(H,37,38)/t23-,27+/m1/s1. The van der Waals surface area contributed by atoms with Gasteiger partial charge in [-0.15, -0.1) is 0 Å². The van der Waals surface area contributed by atoms with E-state index in [0.717, 1.165) is 5.56 Å². The molecule has 0 unspecified atom stereocenters. The maximum Gasteiger partial charge on any atom is 0.255 e. The number of nitrogens with one attached hydrogen (secondary N) is 4. The van der Waals surface area contributed by atoms with Gasteiger partial charge in [-0.05, 0) is 62.2 Å². The number of rotatable bonds is 8. The number of amides is 4. The first kappa shape index (κ1) is 31.9.